The zero-order chi connectivity index (χ0) is 18.5. The van der Waals surface area contributed by atoms with Gasteiger partial charge in [0.2, 0.25) is 0 Å². The molecule has 0 aliphatic carbocycles. The van der Waals surface area contributed by atoms with Crippen LogP contribution in [0.25, 0.3) is 0 Å². The fourth-order valence-electron chi connectivity index (χ4n) is 3.05. The molecule has 26 heavy (non-hydrogen) atoms. The van der Waals surface area contributed by atoms with E-state index in [0.717, 1.165) is 33.3 Å². The smallest absolute Gasteiger partial charge is 0.119 e. The highest BCUT2D eigenvalue weighted by molar-refractivity contribution is 7.49. The van der Waals surface area contributed by atoms with Gasteiger partial charge in [0.15, 0.2) is 0 Å². The summed E-state index contributed by atoms with van der Waals surface area (Å²) < 4.78 is 5.80. The lowest BCUT2D eigenvalue weighted by molar-refractivity contribution is -0.207. The van der Waals surface area contributed by atoms with Crippen molar-refractivity contribution in [3.63, 3.8) is 0 Å². The Balaban J connectivity index is 1.73. The number of benzene rings is 3. The number of hydrogen-bond acceptors (Lipinski definition) is 2. The van der Waals surface area contributed by atoms with E-state index in [1.807, 2.05) is 68.4 Å². The van der Waals surface area contributed by atoms with Crippen molar-refractivity contribution in [3.8, 4) is 5.75 Å². The zero-order valence-corrected chi connectivity index (χ0v) is 16.2. The quantitative estimate of drug-likeness (QED) is 0.635. The Morgan fingerprint density at radius 3 is 2.12 bits per heavy atom. The maximum absolute atomic E-state index is 12.7. The van der Waals surface area contributed by atoms with Gasteiger partial charge in [-0.3, -0.25) is 0 Å². The number of hydrogen-bond donors (Lipinski definition) is 0. The van der Waals surface area contributed by atoms with Crippen molar-refractivity contribution >= 4 is 19.0 Å². The summed E-state index contributed by atoms with van der Waals surface area (Å²) >= 11 is 0. The lowest BCUT2D eigenvalue weighted by Crippen LogP contribution is -2.20. The molecule has 0 unspecified atom stereocenters. The standard InChI is InChI=1S/C23H23O2P/c1-16-13-17(2)22(18(3)14-16)23(24)26-21-11-9-20(10-12-21)25-15-19-7-5-4-6-8-19/h4-14,24H,15H2,1-3H3/p-1. The van der Waals surface area contributed by atoms with Gasteiger partial charge in [-0.25, -0.2) is 0 Å². The summed E-state index contributed by atoms with van der Waals surface area (Å²) in [6.45, 7) is 6.60. The molecule has 0 radical (unpaired) electrons. The van der Waals surface area contributed by atoms with Crippen LogP contribution in [0.5, 0.6) is 5.75 Å². The number of rotatable bonds is 5. The van der Waals surface area contributed by atoms with E-state index < -0.39 is 0 Å². The average molecular weight is 361 g/mol. The normalized spacial score (nSPS) is 11.5. The van der Waals surface area contributed by atoms with Crippen LogP contribution >= 0.6 is 8.20 Å². The summed E-state index contributed by atoms with van der Waals surface area (Å²) in [6.07, 6.45) is 0. The molecule has 2 nitrogen and oxygen atoms in total. The first-order valence-electron chi connectivity index (χ1n) is 8.63. The Labute approximate surface area is 156 Å². The second kappa shape index (κ2) is 8.31. The first-order valence-corrected chi connectivity index (χ1v) is 9.53. The Morgan fingerprint density at radius 2 is 1.50 bits per heavy atom. The van der Waals surface area contributed by atoms with Crippen molar-refractivity contribution in [1.82, 2.24) is 0 Å². The van der Waals surface area contributed by atoms with E-state index in [9.17, 15) is 5.11 Å². The van der Waals surface area contributed by atoms with Crippen LogP contribution in [-0.2, 0) is 6.61 Å². The van der Waals surface area contributed by atoms with Crippen LogP contribution in [0.1, 0.15) is 27.8 Å². The van der Waals surface area contributed by atoms with Gasteiger partial charge < -0.3 is 9.84 Å². The first kappa shape index (κ1) is 18.4. The highest BCUT2D eigenvalue weighted by atomic mass is 31.1. The van der Waals surface area contributed by atoms with Gasteiger partial charge in [-0.2, -0.15) is 0 Å². The van der Waals surface area contributed by atoms with Gasteiger partial charge >= 0.3 is 0 Å². The predicted octanol–water partition coefficient (Wildman–Crippen LogP) is 4.30. The minimum Gasteiger partial charge on any atom is -0.823 e. The molecule has 3 heteroatoms. The third-order valence-electron chi connectivity index (χ3n) is 4.21. The molecule has 3 aromatic rings. The molecule has 0 fully saturated rings. The molecule has 0 saturated heterocycles. The number of ether oxygens (including phenoxy) is 1. The minimum absolute atomic E-state index is 0.137. The molecule has 0 atom stereocenters. The van der Waals surface area contributed by atoms with E-state index >= 15 is 0 Å². The van der Waals surface area contributed by atoms with Crippen molar-refractivity contribution < 1.29 is 9.84 Å². The summed E-state index contributed by atoms with van der Waals surface area (Å²) in [4.78, 5) is 0. The van der Waals surface area contributed by atoms with Crippen molar-refractivity contribution in [1.29, 1.82) is 0 Å². The molecule has 0 spiro atoms. The summed E-state index contributed by atoms with van der Waals surface area (Å²) in [6, 6.07) is 22.0. The number of aryl methyl sites for hydroxylation is 3. The lowest BCUT2D eigenvalue weighted by atomic mass is 10.0. The van der Waals surface area contributed by atoms with E-state index in [1.54, 1.807) is 0 Å². The van der Waals surface area contributed by atoms with E-state index in [-0.39, 0.29) is 5.48 Å². The maximum atomic E-state index is 12.7. The van der Waals surface area contributed by atoms with Crippen molar-refractivity contribution in [2.45, 2.75) is 27.4 Å². The van der Waals surface area contributed by atoms with Crippen LogP contribution in [0.4, 0.5) is 0 Å². The molecule has 0 bridgehead atoms. The second-order valence-electron chi connectivity index (χ2n) is 6.46. The summed E-state index contributed by atoms with van der Waals surface area (Å²) in [5.74, 6) is 0.808. The van der Waals surface area contributed by atoms with Gasteiger partial charge in [-0.15, -0.1) is 5.48 Å². The summed E-state index contributed by atoms with van der Waals surface area (Å²) in [7, 11) is 0.691. The molecule has 132 valence electrons. The van der Waals surface area contributed by atoms with Gasteiger partial charge in [-0.1, -0.05) is 56.2 Å². The van der Waals surface area contributed by atoms with E-state index in [4.69, 9.17) is 4.74 Å². The highest BCUT2D eigenvalue weighted by Gasteiger charge is 2.03. The van der Waals surface area contributed by atoms with Crippen molar-refractivity contribution in [3.05, 3.63) is 94.5 Å². The molecule has 0 aliphatic heterocycles. The summed E-state index contributed by atoms with van der Waals surface area (Å²) in [5, 5.41) is 13.7. The predicted molar refractivity (Wildman–Crippen MR) is 109 cm³/mol. The van der Waals surface area contributed by atoms with Gasteiger partial charge in [0.05, 0.1) is 0 Å². The molecular formula is C23H22O2P-. The fourth-order valence-corrected chi connectivity index (χ4v) is 4.05. The SMILES string of the molecule is Cc1cc(C)c(C([O-])=Pc2ccc(OCc3ccccc3)cc2)c(C)c1. The van der Waals surface area contributed by atoms with Gasteiger partial charge in [-0.05, 0) is 67.3 Å². The molecular weight excluding hydrogens is 339 g/mol. The third-order valence-corrected chi connectivity index (χ3v) is 5.19. The second-order valence-corrected chi connectivity index (χ2v) is 7.61. The van der Waals surface area contributed by atoms with Crippen molar-refractivity contribution in [2.24, 2.45) is 0 Å². The Bertz CT molecular complexity index is 890. The Hall–Kier alpha value is -2.41. The van der Waals surface area contributed by atoms with Gasteiger partial charge in [0.25, 0.3) is 0 Å². The van der Waals surface area contributed by atoms with Gasteiger partial charge in [0.1, 0.15) is 12.4 Å². The molecule has 0 aliphatic rings. The van der Waals surface area contributed by atoms with Crippen LogP contribution < -0.4 is 15.1 Å². The molecule has 3 aromatic carbocycles. The summed E-state index contributed by atoms with van der Waals surface area (Å²) in [5.41, 5.74) is 5.38. The largest absolute Gasteiger partial charge is 0.823 e. The molecule has 0 heterocycles. The lowest BCUT2D eigenvalue weighted by Gasteiger charge is -2.18. The topological polar surface area (TPSA) is 32.3 Å². The van der Waals surface area contributed by atoms with Crippen LogP contribution in [-0.4, -0.2) is 5.48 Å². The highest BCUT2D eigenvalue weighted by Crippen LogP contribution is 2.19. The molecule has 0 aromatic heterocycles. The van der Waals surface area contributed by atoms with E-state index in [1.165, 1.54) is 5.56 Å². The van der Waals surface area contributed by atoms with Crippen LogP contribution in [0, 0.1) is 20.8 Å². The molecule has 0 saturated carbocycles. The maximum Gasteiger partial charge on any atom is 0.119 e. The van der Waals surface area contributed by atoms with Crippen LogP contribution in [0.15, 0.2) is 66.7 Å². The first-order chi connectivity index (χ1) is 12.5. The minimum atomic E-state index is 0.137. The Kier molecular flexibility index (Phi) is 5.88. The van der Waals surface area contributed by atoms with Crippen LogP contribution in [0.2, 0.25) is 0 Å². The van der Waals surface area contributed by atoms with Crippen molar-refractivity contribution in [2.75, 3.05) is 0 Å². The van der Waals surface area contributed by atoms with E-state index in [2.05, 4.69) is 19.1 Å². The zero-order valence-electron chi connectivity index (χ0n) is 15.3. The monoisotopic (exact) mass is 361 g/mol. The Morgan fingerprint density at radius 1 is 0.885 bits per heavy atom. The average Bonchev–Trinajstić information content (AvgIpc) is 2.61. The van der Waals surface area contributed by atoms with Gasteiger partial charge in [0, 0.05) is 5.30 Å². The van der Waals surface area contributed by atoms with Crippen LogP contribution in [0.3, 0.4) is 0 Å². The molecule has 0 N–H and O–H groups in total. The molecule has 3 rings (SSSR count). The molecule has 0 amide bonds. The van der Waals surface area contributed by atoms with E-state index in [0.29, 0.717) is 14.8 Å². The third kappa shape index (κ3) is 4.60. The fraction of sp³-hybridized carbons (Fsp3) is 0.174.